The van der Waals surface area contributed by atoms with E-state index in [0.717, 1.165) is 5.52 Å². The Bertz CT molecular complexity index is 1470. The Morgan fingerprint density at radius 1 is 0.953 bits per heavy atom. The minimum absolute atomic E-state index is 0.291. The number of rotatable bonds is 11. The smallest absolute Gasteiger partial charge is 0.303 e. The Hall–Kier alpha value is -3.81. The van der Waals surface area contributed by atoms with Crippen LogP contribution in [0, 0.1) is 0 Å². The summed E-state index contributed by atoms with van der Waals surface area (Å²) in [5, 5.41) is 3.91. The van der Waals surface area contributed by atoms with E-state index in [0.29, 0.717) is 34.6 Å². The van der Waals surface area contributed by atoms with Gasteiger partial charge in [-0.25, -0.2) is 4.98 Å². The molecule has 1 saturated heterocycles. The van der Waals surface area contributed by atoms with Crippen LogP contribution >= 0.6 is 23.4 Å². The lowest BCUT2D eigenvalue weighted by atomic mass is 9.97. The molecule has 1 amide bonds. The zero-order chi connectivity index (χ0) is 31.1. The second kappa shape index (κ2) is 14.6. The van der Waals surface area contributed by atoms with Gasteiger partial charge in [-0.2, -0.15) is 0 Å². The zero-order valence-electron chi connectivity index (χ0n) is 24.0. The number of aromatic nitrogens is 2. The molecule has 14 heteroatoms. The highest BCUT2D eigenvalue weighted by molar-refractivity contribution is 7.99. The molecule has 0 unspecified atom stereocenters. The first-order valence-corrected chi connectivity index (χ1v) is 14.7. The van der Waals surface area contributed by atoms with Gasteiger partial charge in [0.1, 0.15) is 36.5 Å². The molecule has 4 rings (SSSR count). The number of imidazole rings is 1. The SMILES string of the molecule is CC(=O)N[C@@H]1[C@@H](OC(C)=O)[C@H](OC(C)=O)[C@@H](COC(C)=O)O[C@H]1Sc1nc2ccccc2n1CCOc1ccc(Cl)cc1. The lowest BCUT2D eigenvalue weighted by molar-refractivity contribution is -0.211. The van der Waals surface area contributed by atoms with E-state index in [9.17, 15) is 19.2 Å². The lowest BCUT2D eigenvalue weighted by Gasteiger charge is -2.44. The first-order valence-electron chi connectivity index (χ1n) is 13.4. The largest absolute Gasteiger partial charge is 0.492 e. The van der Waals surface area contributed by atoms with Crippen LogP contribution in [0.1, 0.15) is 27.7 Å². The van der Waals surface area contributed by atoms with Gasteiger partial charge in [0.15, 0.2) is 17.4 Å². The van der Waals surface area contributed by atoms with Gasteiger partial charge in [0.05, 0.1) is 17.6 Å². The van der Waals surface area contributed by atoms with Gasteiger partial charge in [0, 0.05) is 32.7 Å². The van der Waals surface area contributed by atoms with E-state index < -0.39 is 53.6 Å². The molecule has 1 N–H and O–H groups in total. The van der Waals surface area contributed by atoms with Crippen molar-refractivity contribution in [3.63, 3.8) is 0 Å². The maximum atomic E-state index is 12.3. The average Bonchev–Trinajstić information content (AvgIpc) is 3.28. The Morgan fingerprint density at radius 3 is 2.28 bits per heavy atom. The van der Waals surface area contributed by atoms with Crippen molar-refractivity contribution in [3.8, 4) is 5.75 Å². The zero-order valence-corrected chi connectivity index (χ0v) is 25.6. The summed E-state index contributed by atoms with van der Waals surface area (Å²) >= 11 is 7.16. The summed E-state index contributed by atoms with van der Waals surface area (Å²) in [4.78, 5) is 53.0. The number of nitrogens with zero attached hydrogens (tertiary/aromatic N) is 2. The van der Waals surface area contributed by atoms with Gasteiger partial charge in [-0.05, 0) is 36.4 Å². The number of fused-ring (bicyclic) bond motifs is 1. The third-order valence-electron chi connectivity index (χ3n) is 6.31. The minimum Gasteiger partial charge on any atom is -0.492 e. The van der Waals surface area contributed by atoms with Crippen LogP contribution in [0.2, 0.25) is 5.02 Å². The van der Waals surface area contributed by atoms with E-state index in [2.05, 4.69) is 5.32 Å². The topological polar surface area (TPSA) is 144 Å². The predicted octanol–water partition coefficient (Wildman–Crippen LogP) is 3.52. The number of esters is 3. The molecule has 1 aliphatic heterocycles. The van der Waals surface area contributed by atoms with Crippen LogP contribution in [0.5, 0.6) is 5.75 Å². The van der Waals surface area contributed by atoms with Crippen LogP contribution in [0.4, 0.5) is 0 Å². The number of carbonyl (C=O) groups is 4. The third kappa shape index (κ3) is 8.62. The van der Waals surface area contributed by atoms with E-state index in [-0.39, 0.29) is 6.61 Å². The monoisotopic (exact) mass is 633 g/mol. The van der Waals surface area contributed by atoms with Gasteiger partial charge in [0.2, 0.25) is 5.91 Å². The number of benzene rings is 2. The molecule has 1 aliphatic rings. The van der Waals surface area contributed by atoms with Crippen molar-refractivity contribution >= 4 is 58.2 Å². The molecule has 1 fully saturated rings. The molecule has 0 bridgehead atoms. The highest BCUT2D eigenvalue weighted by atomic mass is 35.5. The Labute approximate surface area is 257 Å². The second-order valence-corrected chi connectivity index (χ2v) is 11.2. The van der Waals surface area contributed by atoms with Crippen molar-refractivity contribution in [2.75, 3.05) is 13.2 Å². The van der Waals surface area contributed by atoms with Crippen molar-refractivity contribution in [2.24, 2.45) is 0 Å². The van der Waals surface area contributed by atoms with E-state index in [1.807, 2.05) is 28.8 Å². The van der Waals surface area contributed by atoms with Gasteiger partial charge < -0.3 is 33.6 Å². The van der Waals surface area contributed by atoms with Gasteiger partial charge in [-0.3, -0.25) is 19.2 Å². The molecular formula is C29H32ClN3O9S. The molecule has 0 radical (unpaired) electrons. The van der Waals surface area contributed by atoms with Gasteiger partial charge in [0.25, 0.3) is 0 Å². The number of ether oxygens (including phenoxy) is 5. The fraction of sp³-hybridized carbons (Fsp3) is 0.414. The standard InChI is InChI=1S/C29H32ClN3O9S/c1-16(34)31-25-27(41-19(4)37)26(40-18(3)36)24(15-39-17(2)35)42-28(25)43-29-32-22-7-5-6-8-23(22)33(29)13-14-38-21-11-9-20(30)10-12-21/h5-12,24-28H,13-15H2,1-4H3,(H,31,34)/t24-,25-,26-,27-,28+/m1/s1. The van der Waals surface area contributed by atoms with Crippen LogP contribution in [0.15, 0.2) is 53.7 Å². The molecule has 12 nitrogen and oxygen atoms in total. The van der Waals surface area contributed by atoms with E-state index in [4.69, 9.17) is 40.3 Å². The first kappa shape index (κ1) is 32.1. The van der Waals surface area contributed by atoms with E-state index in [1.54, 1.807) is 24.3 Å². The second-order valence-electron chi connectivity index (χ2n) is 9.67. The summed E-state index contributed by atoms with van der Waals surface area (Å²) in [7, 11) is 0. The summed E-state index contributed by atoms with van der Waals surface area (Å²) in [5.74, 6) is -1.70. The van der Waals surface area contributed by atoms with Gasteiger partial charge >= 0.3 is 17.9 Å². The maximum absolute atomic E-state index is 12.3. The summed E-state index contributed by atoms with van der Waals surface area (Å²) in [5.41, 5.74) is 0.643. The van der Waals surface area contributed by atoms with E-state index in [1.165, 1.54) is 39.5 Å². The number of nitrogens with one attached hydrogen (secondary N) is 1. The van der Waals surface area contributed by atoms with Crippen molar-refractivity contribution in [1.29, 1.82) is 0 Å². The Morgan fingerprint density at radius 2 is 1.63 bits per heavy atom. The van der Waals surface area contributed by atoms with Crippen molar-refractivity contribution in [3.05, 3.63) is 53.6 Å². The van der Waals surface area contributed by atoms with Crippen LogP contribution in [-0.2, 0) is 44.7 Å². The number of hydrogen-bond donors (Lipinski definition) is 1. The molecular weight excluding hydrogens is 602 g/mol. The first-order chi connectivity index (χ1) is 20.5. The molecule has 1 aromatic heterocycles. The fourth-order valence-electron chi connectivity index (χ4n) is 4.64. The number of halogens is 1. The fourth-order valence-corrected chi connectivity index (χ4v) is 6.01. The average molecular weight is 634 g/mol. The Balaban J connectivity index is 1.68. The maximum Gasteiger partial charge on any atom is 0.303 e. The third-order valence-corrected chi connectivity index (χ3v) is 7.72. The number of para-hydroxylation sites is 2. The van der Waals surface area contributed by atoms with Crippen LogP contribution < -0.4 is 10.1 Å². The van der Waals surface area contributed by atoms with E-state index >= 15 is 0 Å². The minimum atomic E-state index is -1.18. The molecule has 0 aliphatic carbocycles. The van der Waals surface area contributed by atoms with Gasteiger partial charge in [-0.1, -0.05) is 35.5 Å². The number of carbonyl (C=O) groups excluding carboxylic acids is 4. The van der Waals surface area contributed by atoms with Crippen LogP contribution in [-0.4, -0.2) is 76.4 Å². The molecule has 2 heterocycles. The van der Waals surface area contributed by atoms with Crippen LogP contribution in [0.25, 0.3) is 11.0 Å². The molecule has 230 valence electrons. The molecule has 5 atom stereocenters. The lowest BCUT2D eigenvalue weighted by Crippen LogP contribution is -2.65. The van der Waals surface area contributed by atoms with Crippen LogP contribution in [0.3, 0.4) is 0 Å². The molecule has 3 aromatic rings. The summed E-state index contributed by atoms with van der Waals surface area (Å²) in [6.45, 7) is 5.35. The highest BCUT2D eigenvalue weighted by Crippen LogP contribution is 2.37. The van der Waals surface area contributed by atoms with Crippen molar-refractivity contribution in [1.82, 2.24) is 14.9 Å². The van der Waals surface area contributed by atoms with Crippen molar-refractivity contribution < 1.29 is 42.9 Å². The molecule has 0 saturated carbocycles. The van der Waals surface area contributed by atoms with Crippen molar-refractivity contribution in [2.45, 2.75) is 69.2 Å². The Kier molecular flexibility index (Phi) is 10.9. The highest BCUT2D eigenvalue weighted by Gasteiger charge is 2.51. The number of thioether (sulfide) groups is 1. The van der Waals surface area contributed by atoms with Gasteiger partial charge in [-0.15, -0.1) is 0 Å². The quantitative estimate of drug-likeness (QED) is 0.245. The summed E-state index contributed by atoms with van der Waals surface area (Å²) < 4.78 is 30.5. The molecule has 0 spiro atoms. The summed E-state index contributed by atoms with van der Waals surface area (Å²) in [6, 6.07) is 13.6. The predicted molar refractivity (Wildman–Crippen MR) is 157 cm³/mol. The molecule has 43 heavy (non-hydrogen) atoms. The summed E-state index contributed by atoms with van der Waals surface area (Å²) in [6.07, 6.45) is -3.37. The normalized spacial score (nSPS) is 21.6. The number of hydrogen-bond acceptors (Lipinski definition) is 11. The molecule has 2 aromatic carbocycles. The number of amides is 1.